The molecule has 2 heterocycles. The first-order valence-corrected chi connectivity index (χ1v) is 12.0. The van der Waals surface area contributed by atoms with Crippen molar-refractivity contribution in [3.8, 4) is 17.0 Å². The fraction of sp³-hybridized carbons (Fsp3) is 0.143. The number of halogens is 2. The second kappa shape index (κ2) is 10.4. The van der Waals surface area contributed by atoms with Crippen molar-refractivity contribution in [1.82, 2.24) is 19.7 Å². The van der Waals surface area contributed by atoms with Crippen LogP contribution in [0, 0.1) is 0 Å². The molecule has 0 aliphatic heterocycles. The molecular weight excluding hydrogens is 489 g/mol. The highest BCUT2D eigenvalue weighted by atomic mass is 35.5. The van der Waals surface area contributed by atoms with Crippen LogP contribution in [0.15, 0.2) is 59.1 Å². The van der Waals surface area contributed by atoms with E-state index in [0.29, 0.717) is 31.9 Å². The lowest BCUT2D eigenvalue weighted by atomic mass is 10.2. The molecule has 0 aliphatic carbocycles. The first-order valence-electron chi connectivity index (χ1n) is 9.38. The lowest BCUT2D eigenvalue weighted by molar-refractivity contribution is -0.113. The molecule has 4 aromatic rings. The molecule has 0 bridgehead atoms. The third-order valence-corrected chi connectivity index (χ3v) is 6.61. The van der Waals surface area contributed by atoms with Crippen molar-refractivity contribution in [3.63, 3.8) is 0 Å². The molecule has 0 saturated carbocycles. The highest BCUT2D eigenvalue weighted by Gasteiger charge is 2.13. The molecule has 32 heavy (non-hydrogen) atoms. The van der Waals surface area contributed by atoms with E-state index in [1.165, 1.54) is 23.1 Å². The number of carbonyl (C=O) groups is 1. The van der Waals surface area contributed by atoms with Gasteiger partial charge < -0.3 is 14.6 Å². The summed E-state index contributed by atoms with van der Waals surface area (Å²) in [5, 5.41) is 15.5. The monoisotopic (exact) mass is 505 g/mol. The number of anilines is 1. The number of rotatable bonds is 8. The maximum Gasteiger partial charge on any atom is 0.236 e. The summed E-state index contributed by atoms with van der Waals surface area (Å²) in [6.45, 7) is 0.254. The molecular formula is C21H17Cl2N5O2S2. The Morgan fingerprint density at radius 1 is 1.09 bits per heavy atom. The molecule has 164 valence electrons. The number of thiazole rings is 1. The molecule has 2 aromatic carbocycles. The molecule has 0 aliphatic rings. The summed E-state index contributed by atoms with van der Waals surface area (Å²) in [7, 11) is 1.83. The van der Waals surface area contributed by atoms with Gasteiger partial charge in [0.2, 0.25) is 5.91 Å². The van der Waals surface area contributed by atoms with Gasteiger partial charge in [-0.1, -0.05) is 47.1 Å². The van der Waals surface area contributed by atoms with Crippen molar-refractivity contribution < 1.29 is 9.53 Å². The summed E-state index contributed by atoms with van der Waals surface area (Å²) in [6, 6.07) is 14.5. The van der Waals surface area contributed by atoms with Gasteiger partial charge in [0.25, 0.3) is 0 Å². The molecule has 11 heteroatoms. The van der Waals surface area contributed by atoms with Crippen LogP contribution in [0.2, 0.25) is 10.0 Å². The highest BCUT2D eigenvalue weighted by Crippen LogP contribution is 2.26. The van der Waals surface area contributed by atoms with Crippen LogP contribution in [-0.4, -0.2) is 31.4 Å². The van der Waals surface area contributed by atoms with E-state index in [1.54, 1.807) is 41.0 Å². The van der Waals surface area contributed by atoms with Gasteiger partial charge in [-0.3, -0.25) is 4.79 Å². The van der Waals surface area contributed by atoms with E-state index < -0.39 is 0 Å². The minimum Gasteiger partial charge on any atom is -0.486 e. The van der Waals surface area contributed by atoms with Crippen molar-refractivity contribution in [1.29, 1.82) is 0 Å². The SMILES string of the molecule is Cn1c(COc2ccc(Cl)cc2)nnc1SCC(=O)Nc1nc(-c2ccc(Cl)cc2)cs1. The zero-order valence-electron chi connectivity index (χ0n) is 16.8. The minimum absolute atomic E-state index is 0.172. The van der Waals surface area contributed by atoms with Gasteiger partial charge in [-0.2, -0.15) is 0 Å². The largest absolute Gasteiger partial charge is 0.486 e. The first kappa shape index (κ1) is 22.6. The van der Waals surface area contributed by atoms with Gasteiger partial charge >= 0.3 is 0 Å². The standard InChI is InChI=1S/C21H17Cl2N5O2S2/c1-28-18(10-30-16-8-6-15(23)7-9-16)26-27-21(28)32-12-19(29)25-20-24-17(11-31-20)13-2-4-14(22)5-3-13/h2-9,11H,10,12H2,1H3,(H,24,25,29). The summed E-state index contributed by atoms with van der Waals surface area (Å²) in [6.07, 6.45) is 0. The fourth-order valence-corrected chi connectivity index (χ4v) is 4.36. The lowest BCUT2D eigenvalue weighted by Crippen LogP contribution is -2.14. The Bertz CT molecular complexity index is 1210. The van der Waals surface area contributed by atoms with Gasteiger partial charge in [-0.15, -0.1) is 21.5 Å². The summed E-state index contributed by atoms with van der Waals surface area (Å²) in [4.78, 5) is 16.8. The van der Waals surface area contributed by atoms with Gasteiger partial charge in [-0.25, -0.2) is 4.98 Å². The quantitative estimate of drug-likeness (QED) is 0.316. The fourth-order valence-electron chi connectivity index (χ4n) is 2.64. The predicted molar refractivity (Wildman–Crippen MR) is 129 cm³/mol. The van der Waals surface area contributed by atoms with Crippen molar-refractivity contribution in [2.75, 3.05) is 11.1 Å². The number of hydrogen-bond donors (Lipinski definition) is 1. The van der Waals surface area contributed by atoms with Gasteiger partial charge in [0, 0.05) is 28.0 Å². The Morgan fingerprint density at radius 2 is 1.78 bits per heavy atom. The van der Waals surface area contributed by atoms with E-state index in [4.69, 9.17) is 27.9 Å². The van der Waals surface area contributed by atoms with Crippen molar-refractivity contribution >= 4 is 57.3 Å². The van der Waals surface area contributed by atoms with Crippen LogP contribution < -0.4 is 10.1 Å². The van der Waals surface area contributed by atoms with Crippen LogP contribution >= 0.6 is 46.3 Å². The molecule has 7 nitrogen and oxygen atoms in total. The number of hydrogen-bond acceptors (Lipinski definition) is 7. The molecule has 1 N–H and O–H groups in total. The number of ether oxygens (including phenoxy) is 1. The summed E-state index contributed by atoms with van der Waals surface area (Å²) < 4.78 is 7.51. The molecule has 4 rings (SSSR count). The molecule has 0 atom stereocenters. The molecule has 0 saturated heterocycles. The van der Waals surface area contributed by atoms with E-state index in [-0.39, 0.29) is 18.3 Å². The van der Waals surface area contributed by atoms with Crippen molar-refractivity contribution in [2.24, 2.45) is 7.05 Å². The zero-order valence-corrected chi connectivity index (χ0v) is 19.9. The minimum atomic E-state index is -0.172. The Labute approximate surface area is 202 Å². The summed E-state index contributed by atoms with van der Waals surface area (Å²) in [5.74, 6) is 1.34. The third kappa shape index (κ3) is 5.80. The maximum absolute atomic E-state index is 12.4. The Hall–Kier alpha value is -2.59. The number of aromatic nitrogens is 4. The Kier molecular flexibility index (Phi) is 7.31. The lowest BCUT2D eigenvalue weighted by Gasteiger charge is -2.06. The Morgan fingerprint density at radius 3 is 2.50 bits per heavy atom. The van der Waals surface area contributed by atoms with E-state index >= 15 is 0 Å². The van der Waals surface area contributed by atoms with E-state index in [1.807, 2.05) is 24.6 Å². The molecule has 1 amide bonds. The van der Waals surface area contributed by atoms with Crippen LogP contribution in [0.25, 0.3) is 11.3 Å². The number of carbonyl (C=O) groups excluding carboxylic acids is 1. The number of benzene rings is 2. The smallest absolute Gasteiger partial charge is 0.236 e. The topological polar surface area (TPSA) is 81.9 Å². The average molecular weight is 506 g/mol. The van der Waals surface area contributed by atoms with Gasteiger partial charge in [0.1, 0.15) is 12.4 Å². The summed E-state index contributed by atoms with van der Waals surface area (Å²) >= 11 is 14.5. The number of amides is 1. The van der Waals surface area contributed by atoms with Crippen molar-refractivity contribution in [2.45, 2.75) is 11.8 Å². The number of nitrogens with one attached hydrogen (secondary N) is 1. The van der Waals surface area contributed by atoms with Gasteiger partial charge in [-0.05, 0) is 36.4 Å². The molecule has 0 unspecified atom stereocenters. The van der Waals surface area contributed by atoms with E-state index in [9.17, 15) is 4.79 Å². The van der Waals surface area contributed by atoms with Gasteiger partial charge in [0.05, 0.1) is 11.4 Å². The van der Waals surface area contributed by atoms with Crippen LogP contribution in [-0.2, 0) is 18.4 Å². The second-order valence-electron chi connectivity index (χ2n) is 6.58. The van der Waals surface area contributed by atoms with Crippen LogP contribution in [0.3, 0.4) is 0 Å². The molecule has 0 spiro atoms. The molecule has 0 radical (unpaired) electrons. The average Bonchev–Trinajstić information content (AvgIpc) is 3.39. The first-order chi connectivity index (χ1) is 15.5. The van der Waals surface area contributed by atoms with E-state index in [0.717, 1.165) is 11.3 Å². The highest BCUT2D eigenvalue weighted by molar-refractivity contribution is 7.99. The second-order valence-corrected chi connectivity index (χ2v) is 9.26. The molecule has 0 fully saturated rings. The zero-order chi connectivity index (χ0) is 22.5. The maximum atomic E-state index is 12.4. The van der Waals surface area contributed by atoms with Crippen LogP contribution in [0.5, 0.6) is 5.75 Å². The normalized spacial score (nSPS) is 10.8. The van der Waals surface area contributed by atoms with Gasteiger partial charge in [0.15, 0.2) is 16.1 Å². The third-order valence-electron chi connectivity index (χ3n) is 4.33. The van der Waals surface area contributed by atoms with E-state index in [2.05, 4.69) is 20.5 Å². The number of thioether (sulfide) groups is 1. The number of nitrogens with zero attached hydrogens (tertiary/aromatic N) is 4. The van der Waals surface area contributed by atoms with Crippen LogP contribution in [0.4, 0.5) is 5.13 Å². The molecule has 2 aromatic heterocycles. The predicted octanol–water partition coefficient (Wildman–Crippen LogP) is 5.56. The summed E-state index contributed by atoms with van der Waals surface area (Å²) in [5.41, 5.74) is 1.72. The van der Waals surface area contributed by atoms with Crippen molar-refractivity contribution in [3.05, 3.63) is 69.8 Å². The van der Waals surface area contributed by atoms with Crippen LogP contribution in [0.1, 0.15) is 5.82 Å². The Balaban J connectivity index is 1.29.